The van der Waals surface area contributed by atoms with Gasteiger partial charge in [-0.1, -0.05) is 18.2 Å². The number of rotatable bonds is 3. The maximum Gasteiger partial charge on any atom is 0.405 e. The van der Waals surface area contributed by atoms with Crippen molar-refractivity contribution in [2.45, 2.75) is 13.0 Å². The maximum absolute atomic E-state index is 13.8. The molecule has 0 spiro atoms. The lowest BCUT2D eigenvalue weighted by atomic mass is 10.2. The van der Waals surface area contributed by atoms with Crippen LogP contribution in [-0.2, 0) is 0 Å². The lowest BCUT2D eigenvalue weighted by Crippen LogP contribution is -2.32. The Balaban J connectivity index is 2.39. The summed E-state index contributed by atoms with van der Waals surface area (Å²) in [5.74, 6) is -0.296. The quantitative estimate of drug-likeness (QED) is 0.596. The fourth-order valence-corrected chi connectivity index (χ4v) is 3.31. The number of benzene rings is 2. The van der Waals surface area contributed by atoms with Crippen LogP contribution in [0, 0.1) is 9.39 Å². The molecule has 0 aliphatic rings. The van der Waals surface area contributed by atoms with Crippen LogP contribution < -0.4 is 10.9 Å². The van der Waals surface area contributed by atoms with Gasteiger partial charge >= 0.3 is 6.09 Å². The van der Waals surface area contributed by atoms with Gasteiger partial charge in [-0.15, -0.1) is 0 Å². The molecule has 3 aromatic rings. The van der Waals surface area contributed by atoms with Crippen LogP contribution in [0.1, 0.15) is 18.8 Å². The molecular formula is C17H13FIN3O3. The zero-order valence-electron chi connectivity index (χ0n) is 13.0. The van der Waals surface area contributed by atoms with Gasteiger partial charge in [-0.25, -0.2) is 14.2 Å². The molecule has 0 saturated carbocycles. The number of amides is 1. The number of carboxylic acid groups (broad SMARTS) is 1. The monoisotopic (exact) mass is 453 g/mol. The summed E-state index contributed by atoms with van der Waals surface area (Å²) in [6, 6.07) is 10.4. The van der Waals surface area contributed by atoms with Gasteiger partial charge in [-0.2, -0.15) is 0 Å². The fourth-order valence-electron chi connectivity index (χ4n) is 2.60. The number of nitrogens with zero attached hydrogens (tertiary/aromatic N) is 2. The topological polar surface area (TPSA) is 84.2 Å². The Morgan fingerprint density at radius 2 is 2.00 bits per heavy atom. The minimum absolute atomic E-state index is 0.138. The van der Waals surface area contributed by atoms with Crippen molar-refractivity contribution < 1.29 is 14.3 Å². The number of hydrogen-bond acceptors (Lipinski definition) is 3. The molecule has 1 unspecified atom stereocenters. The van der Waals surface area contributed by atoms with Gasteiger partial charge in [-0.05, 0) is 53.8 Å². The molecule has 0 aliphatic heterocycles. The molecule has 25 heavy (non-hydrogen) atoms. The van der Waals surface area contributed by atoms with Crippen LogP contribution in [0.5, 0.6) is 0 Å². The highest BCUT2D eigenvalue weighted by atomic mass is 127. The van der Waals surface area contributed by atoms with E-state index in [9.17, 15) is 14.0 Å². The Morgan fingerprint density at radius 1 is 1.32 bits per heavy atom. The normalized spacial score (nSPS) is 12.1. The second kappa shape index (κ2) is 6.79. The molecule has 0 fully saturated rings. The summed E-state index contributed by atoms with van der Waals surface area (Å²) in [6.07, 6.45) is -1.23. The van der Waals surface area contributed by atoms with Crippen molar-refractivity contribution in [2.24, 2.45) is 0 Å². The van der Waals surface area contributed by atoms with Gasteiger partial charge < -0.3 is 10.4 Å². The average Bonchev–Trinajstić information content (AvgIpc) is 2.55. The van der Waals surface area contributed by atoms with Crippen LogP contribution >= 0.6 is 22.6 Å². The number of para-hydroxylation sites is 1. The minimum atomic E-state index is -1.23. The third-order valence-corrected chi connectivity index (χ3v) is 4.48. The molecule has 1 atom stereocenters. The van der Waals surface area contributed by atoms with Crippen molar-refractivity contribution in [2.75, 3.05) is 0 Å². The van der Waals surface area contributed by atoms with E-state index in [0.717, 1.165) is 6.07 Å². The third kappa shape index (κ3) is 3.34. The van der Waals surface area contributed by atoms with Crippen molar-refractivity contribution in [3.8, 4) is 5.69 Å². The number of aromatic nitrogens is 2. The molecular weight excluding hydrogens is 440 g/mol. The van der Waals surface area contributed by atoms with Crippen LogP contribution in [0.15, 0.2) is 47.3 Å². The molecule has 3 rings (SSSR count). The van der Waals surface area contributed by atoms with E-state index in [4.69, 9.17) is 5.11 Å². The Kier molecular flexibility index (Phi) is 4.71. The van der Waals surface area contributed by atoms with E-state index in [1.807, 2.05) is 22.6 Å². The van der Waals surface area contributed by atoms with Gasteiger partial charge in [0.15, 0.2) is 0 Å². The zero-order chi connectivity index (χ0) is 18.1. The summed E-state index contributed by atoms with van der Waals surface area (Å²) in [7, 11) is 0. The number of carbonyl (C=O) groups is 1. The number of fused-ring (bicyclic) bond motifs is 1. The predicted molar refractivity (Wildman–Crippen MR) is 99.6 cm³/mol. The first-order chi connectivity index (χ1) is 11.9. The average molecular weight is 453 g/mol. The van der Waals surface area contributed by atoms with Crippen LogP contribution in [0.25, 0.3) is 16.6 Å². The van der Waals surface area contributed by atoms with Crippen LogP contribution in [0.3, 0.4) is 0 Å². The highest BCUT2D eigenvalue weighted by Gasteiger charge is 2.20. The van der Waals surface area contributed by atoms with E-state index < -0.39 is 23.5 Å². The Morgan fingerprint density at radius 3 is 2.64 bits per heavy atom. The van der Waals surface area contributed by atoms with Gasteiger partial charge in [0.25, 0.3) is 5.56 Å². The van der Waals surface area contributed by atoms with Crippen LogP contribution in [-0.4, -0.2) is 20.8 Å². The highest BCUT2D eigenvalue weighted by molar-refractivity contribution is 14.1. The second-order valence-corrected chi connectivity index (χ2v) is 6.56. The van der Waals surface area contributed by atoms with Gasteiger partial charge in [0.05, 0.1) is 22.6 Å². The highest BCUT2D eigenvalue weighted by Crippen LogP contribution is 2.22. The summed E-state index contributed by atoms with van der Waals surface area (Å²) < 4.78 is 15.6. The molecule has 8 heteroatoms. The fraction of sp³-hybridized carbons (Fsp3) is 0.118. The molecule has 2 N–H and O–H groups in total. The molecule has 128 valence electrons. The first-order valence-electron chi connectivity index (χ1n) is 7.35. The van der Waals surface area contributed by atoms with E-state index in [1.54, 1.807) is 37.3 Å². The minimum Gasteiger partial charge on any atom is -0.465 e. The molecule has 1 amide bonds. The summed E-state index contributed by atoms with van der Waals surface area (Å²) in [6.45, 7) is 1.59. The van der Waals surface area contributed by atoms with Gasteiger partial charge in [0.2, 0.25) is 0 Å². The maximum atomic E-state index is 13.8. The van der Waals surface area contributed by atoms with Gasteiger partial charge in [0.1, 0.15) is 11.6 Å². The van der Waals surface area contributed by atoms with Crippen molar-refractivity contribution in [1.29, 1.82) is 0 Å². The van der Waals surface area contributed by atoms with Gasteiger partial charge in [0, 0.05) is 3.57 Å². The zero-order valence-corrected chi connectivity index (χ0v) is 15.2. The number of hydrogen-bond donors (Lipinski definition) is 2. The van der Waals surface area contributed by atoms with E-state index >= 15 is 0 Å². The first-order valence-corrected chi connectivity index (χ1v) is 8.43. The van der Waals surface area contributed by atoms with E-state index in [-0.39, 0.29) is 11.2 Å². The van der Waals surface area contributed by atoms with E-state index in [1.165, 1.54) is 10.6 Å². The SMILES string of the molecule is CC(NC(=O)O)c1nc2c(I)cc(F)cc2c(=O)n1-c1ccccc1. The second-order valence-electron chi connectivity index (χ2n) is 5.40. The van der Waals surface area contributed by atoms with Gasteiger partial charge in [-0.3, -0.25) is 9.36 Å². The molecule has 1 heterocycles. The molecule has 6 nitrogen and oxygen atoms in total. The largest absolute Gasteiger partial charge is 0.465 e. The van der Waals surface area contributed by atoms with E-state index in [0.29, 0.717) is 14.8 Å². The van der Waals surface area contributed by atoms with Crippen LogP contribution in [0.4, 0.5) is 9.18 Å². The third-order valence-electron chi connectivity index (χ3n) is 3.66. The van der Waals surface area contributed by atoms with Crippen molar-refractivity contribution in [1.82, 2.24) is 14.9 Å². The molecule has 0 bridgehead atoms. The van der Waals surface area contributed by atoms with Crippen molar-refractivity contribution >= 4 is 39.6 Å². The Labute approximate surface area is 155 Å². The summed E-state index contributed by atoms with van der Waals surface area (Å²) in [4.78, 5) is 28.5. The predicted octanol–water partition coefficient (Wildman–Crippen LogP) is 3.46. The number of nitrogens with one attached hydrogen (secondary N) is 1. The molecule has 1 aromatic heterocycles. The lowest BCUT2D eigenvalue weighted by molar-refractivity contribution is 0.190. The summed E-state index contributed by atoms with van der Waals surface area (Å²) in [5.41, 5.74) is 0.408. The molecule has 0 radical (unpaired) electrons. The number of halogens is 2. The van der Waals surface area contributed by atoms with Crippen LogP contribution in [0.2, 0.25) is 0 Å². The summed E-state index contributed by atoms with van der Waals surface area (Å²) in [5, 5.41) is 11.5. The molecule has 0 saturated heterocycles. The summed E-state index contributed by atoms with van der Waals surface area (Å²) >= 11 is 1.90. The van der Waals surface area contributed by atoms with Crippen molar-refractivity contribution in [3.63, 3.8) is 0 Å². The Hall–Kier alpha value is -2.49. The Bertz CT molecular complexity index is 1020. The first kappa shape index (κ1) is 17.3. The van der Waals surface area contributed by atoms with Crippen molar-refractivity contribution in [3.05, 3.63) is 68.0 Å². The smallest absolute Gasteiger partial charge is 0.405 e. The lowest BCUT2D eigenvalue weighted by Gasteiger charge is -2.19. The molecule has 0 aliphatic carbocycles. The van der Waals surface area contributed by atoms with E-state index in [2.05, 4.69) is 10.3 Å². The molecule has 2 aromatic carbocycles. The standard InChI is InChI=1S/C17H13FIN3O3/c1-9(20-17(24)25)15-21-14-12(7-10(18)8-13(14)19)16(23)22(15)11-5-3-2-4-6-11/h2-9,20H,1H3,(H,24,25).